The molecule has 0 saturated heterocycles. The fraction of sp³-hybridized carbons (Fsp3) is 0.0455. The van der Waals surface area contributed by atoms with E-state index in [1.807, 2.05) is 77.6 Å². The number of anilines is 1. The summed E-state index contributed by atoms with van der Waals surface area (Å²) in [7, 11) is 0. The van der Waals surface area contributed by atoms with Gasteiger partial charge < -0.3 is 10.6 Å². The van der Waals surface area contributed by atoms with Crippen molar-refractivity contribution in [1.29, 1.82) is 0 Å². The molecular formula is C22H17N5O. The Hall–Kier alpha value is -3.93. The van der Waals surface area contributed by atoms with E-state index in [4.69, 9.17) is 5.10 Å². The number of aromatic nitrogens is 3. The van der Waals surface area contributed by atoms with Crippen molar-refractivity contribution in [3.8, 4) is 16.9 Å². The van der Waals surface area contributed by atoms with Crippen molar-refractivity contribution in [3.05, 3.63) is 96.4 Å². The highest BCUT2D eigenvalue weighted by atomic mass is 16.2. The van der Waals surface area contributed by atoms with Crippen LogP contribution in [0, 0.1) is 0 Å². The number of pyridine rings is 1. The molecule has 3 heterocycles. The molecule has 0 unspecified atom stereocenters. The molecule has 1 aliphatic heterocycles. The molecular weight excluding hydrogens is 350 g/mol. The van der Waals surface area contributed by atoms with E-state index in [1.165, 1.54) is 0 Å². The van der Waals surface area contributed by atoms with Gasteiger partial charge in [0.25, 0.3) is 5.91 Å². The van der Waals surface area contributed by atoms with Gasteiger partial charge in [-0.2, -0.15) is 5.10 Å². The van der Waals surface area contributed by atoms with Crippen molar-refractivity contribution in [1.82, 2.24) is 20.1 Å². The van der Waals surface area contributed by atoms with Gasteiger partial charge in [-0.15, -0.1) is 0 Å². The van der Waals surface area contributed by atoms with Crippen LogP contribution in [0.3, 0.4) is 0 Å². The van der Waals surface area contributed by atoms with Gasteiger partial charge in [0.05, 0.1) is 16.9 Å². The van der Waals surface area contributed by atoms with Gasteiger partial charge in [-0.25, -0.2) is 4.68 Å². The molecule has 6 heteroatoms. The summed E-state index contributed by atoms with van der Waals surface area (Å²) in [4.78, 5) is 16.7. The molecule has 1 atom stereocenters. The van der Waals surface area contributed by atoms with Gasteiger partial charge in [-0.1, -0.05) is 30.3 Å². The number of benzene rings is 2. The average molecular weight is 367 g/mol. The van der Waals surface area contributed by atoms with Crippen molar-refractivity contribution in [3.63, 3.8) is 0 Å². The first-order valence-electron chi connectivity index (χ1n) is 9.01. The predicted octanol–water partition coefficient (Wildman–Crippen LogP) is 3.79. The summed E-state index contributed by atoms with van der Waals surface area (Å²) in [6.45, 7) is 0. The van der Waals surface area contributed by atoms with Crippen LogP contribution in [0.1, 0.15) is 22.1 Å². The number of para-hydroxylation sites is 2. The highest BCUT2D eigenvalue weighted by Crippen LogP contribution is 2.32. The fourth-order valence-electron chi connectivity index (χ4n) is 3.41. The molecule has 28 heavy (non-hydrogen) atoms. The number of fused-ring (bicyclic) bond motifs is 1. The van der Waals surface area contributed by atoms with Crippen molar-refractivity contribution in [2.45, 2.75) is 6.17 Å². The van der Waals surface area contributed by atoms with Crippen molar-refractivity contribution in [2.75, 3.05) is 5.32 Å². The summed E-state index contributed by atoms with van der Waals surface area (Å²) < 4.78 is 1.83. The number of carbonyl (C=O) groups excluding carboxylic acids is 1. The minimum absolute atomic E-state index is 0.104. The Labute approximate surface area is 161 Å². The zero-order valence-corrected chi connectivity index (χ0v) is 14.9. The van der Waals surface area contributed by atoms with E-state index in [1.54, 1.807) is 12.4 Å². The van der Waals surface area contributed by atoms with Gasteiger partial charge in [0, 0.05) is 35.4 Å². The minimum atomic E-state index is -0.386. The van der Waals surface area contributed by atoms with Crippen LogP contribution in [0.4, 0.5) is 5.69 Å². The summed E-state index contributed by atoms with van der Waals surface area (Å²) in [5.41, 5.74) is 5.02. The Morgan fingerprint density at radius 2 is 1.61 bits per heavy atom. The van der Waals surface area contributed by atoms with Crippen LogP contribution in [-0.2, 0) is 0 Å². The molecule has 1 amide bonds. The number of rotatable bonds is 3. The normalized spacial score (nSPS) is 15.4. The number of hydrogen-bond donors (Lipinski definition) is 2. The molecule has 2 aromatic heterocycles. The largest absolute Gasteiger partial charge is 0.361 e. The smallest absolute Gasteiger partial charge is 0.255 e. The maximum absolute atomic E-state index is 12.6. The first kappa shape index (κ1) is 16.3. The van der Waals surface area contributed by atoms with E-state index in [2.05, 4.69) is 15.6 Å². The molecule has 136 valence electrons. The third-order valence-corrected chi connectivity index (χ3v) is 4.78. The van der Waals surface area contributed by atoms with Crippen LogP contribution in [0.5, 0.6) is 0 Å². The van der Waals surface area contributed by atoms with E-state index in [0.717, 1.165) is 28.2 Å². The standard InChI is InChI=1S/C22H17N5O/c28-22-17-8-4-5-9-19(17)24-21(25-22)18-14-27(16-6-2-1-3-7-16)26-20(18)15-10-12-23-13-11-15/h1-14,21,24H,(H,25,28)/t21-/m0/s1. The molecule has 0 bridgehead atoms. The number of amides is 1. The van der Waals surface area contributed by atoms with Crippen molar-refractivity contribution in [2.24, 2.45) is 0 Å². The molecule has 2 N–H and O–H groups in total. The molecule has 4 aromatic rings. The quantitative estimate of drug-likeness (QED) is 0.578. The second-order valence-electron chi connectivity index (χ2n) is 6.55. The number of nitrogens with zero attached hydrogens (tertiary/aromatic N) is 3. The van der Waals surface area contributed by atoms with Gasteiger partial charge in [-0.05, 0) is 36.4 Å². The maximum Gasteiger partial charge on any atom is 0.255 e. The number of nitrogens with one attached hydrogen (secondary N) is 2. The Bertz CT molecular complexity index is 1140. The summed E-state index contributed by atoms with van der Waals surface area (Å²) in [6.07, 6.45) is 5.05. The molecule has 0 fully saturated rings. The third kappa shape index (κ3) is 2.81. The molecule has 0 aliphatic carbocycles. The first-order valence-corrected chi connectivity index (χ1v) is 9.01. The molecule has 0 spiro atoms. The second kappa shape index (κ2) is 6.66. The van der Waals surface area contributed by atoms with Crippen LogP contribution in [0.2, 0.25) is 0 Å². The minimum Gasteiger partial charge on any atom is -0.361 e. The topological polar surface area (TPSA) is 71.8 Å². The molecule has 0 radical (unpaired) electrons. The van der Waals surface area contributed by atoms with Gasteiger partial charge in [-0.3, -0.25) is 9.78 Å². The van der Waals surface area contributed by atoms with E-state index < -0.39 is 0 Å². The summed E-state index contributed by atoms with van der Waals surface area (Å²) in [5, 5.41) is 11.3. The molecule has 1 aliphatic rings. The Morgan fingerprint density at radius 3 is 2.43 bits per heavy atom. The van der Waals surface area contributed by atoms with Crippen molar-refractivity contribution >= 4 is 11.6 Å². The zero-order valence-electron chi connectivity index (χ0n) is 14.9. The number of hydrogen-bond acceptors (Lipinski definition) is 4. The summed E-state index contributed by atoms with van der Waals surface area (Å²) in [5.74, 6) is -0.104. The van der Waals surface area contributed by atoms with E-state index >= 15 is 0 Å². The lowest BCUT2D eigenvalue weighted by Crippen LogP contribution is -2.38. The van der Waals surface area contributed by atoms with E-state index in [-0.39, 0.29) is 12.1 Å². The maximum atomic E-state index is 12.6. The molecule has 6 nitrogen and oxygen atoms in total. The molecule has 2 aromatic carbocycles. The van der Waals surface area contributed by atoms with Crippen LogP contribution in [0.15, 0.2) is 85.3 Å². The zero-order chi connectivity index (χ0) is 18.9. The van der Waals surface area contributed by atoms with Crippen LogP contribution < -0.4 is 10.6 Å². The highest BCUT2D eigenvalue weighted by Gasteiger charge is 2.28. The van der Waals surface area contributed by atoms with Crippen LogP contribution in [-0.4, -0.2) is 20.7 Å². The summed E-state index contributed by atoms with van der Waals surface area (Å²) >= 11 is 0. The Kier molecular flexibility index (Phi) is 3.87. The number of carbonyl (C=O) groups is 1. The lowest BCUT2D eigenvalue weighted by Gasteiger charge is -2.27. The lowest BCUT2D eigenvalue weighted by atomic mass is 10.0. The van der Waals surface area contributed by atoms with Crippen LogP contribution >= 0.6 is 0 Å². The summed E-state index contributed by atoms with van der Waals surface area (Å²) in [6, 6.07) is 21.2. The fourth-order valence-corrected chi connectivity index (χ4v) is 3.41. The van der Waals surface area contributed by atoms with Gasteiger partial charge in [0.15, 0.2) is 0 Å². The van der Waals surface area contributed by atoms with E-state index in [0.29, 0.717) is 5.56 Å². The second-order valence-corrected chi connectivity index (χ2v) is 6.55. The lowest BCUT2D eigenvalue weighted by molar-refractivity contribution is 0.0936. The van der Waals surface area contributed by atoms with Crippen LogP contribution in [0.25, 0.3) is 16.9 Å². The SMILES string of the molecule is O=C1N[C@@H](c2cn(-c3ccccc3)nc2-c2ccncc2)Nc2ccccc21. The molecule has 5 rings (SSSR count). The Morgan fingerprint density at radius 1 is 0.857 bits per heavy atom. The monoisotopic (exact) mass is 367 g/mol. The third-order valence-electron chi connectivity index (χ3n) is 4.78. The van der Waals surface area contributed by atoms with Crippen molar-refractivity contribution < 1.29 is 4.79 Å². The Balaban J connectivity index is 1.62. The molecule has 0 saturated carbocycles. The van der Waals surface area contributed by atoms with E-state index in [9.17, 15) is 4.79 Å². The highest BCUT2D eigenvalue weighted by molar-refractivity contribution is 6.01. The van der Waals surface area contributed by atoms with Gasteiger partial charge in [0.2, 0.25) is 0 Å². The van der Waals surface area contributed by atoms with Gasteiger partial charge in [0.1, 0.15) is 6.17 Å². The first-order chi connectivity index (χ1) is 13.8. The predicted molar refractivity (Wildman–Crippen MR) is 107 cm³/mol. The van der Waals surface area contributed by atoms with Gasteiger partial charge >= 0.3 is 0 Å². The average Bonchev–Trinajstić information content (AvgIpc) is 3.21.